The number of hydrogen-bond acceptors (Lipinski definition) is 7. The lowest BCUT2D eigenvalue weighted by Crippen LogP contribution is -2.36. The molecule has 1 saturated heterocycles. The fraction of sp³-hybridized carbons (Fsp3) is 0.688. The van der Waals surface area contributed by atoms with Crippen molar-refractivity contribution in [3.63, 3.8) is 0 Å². The standard InChI is InChI=1S/C16H27N5O4Si/c1-4-5-6-26(2,3)24-8-11-10(22)7-12(25-11)21-9-18-13-14(21)19-16(17)20-15(13)23/h9-12,22H,4-8H2,1-3H3,(H3,17,19,20,23)/t10-,11+,12+/m0/s1. The second kappa shape index (κ2) is 7.47. The molecule has 1 aliphatic rings. The molecule has 1 fully saturated rings. The number of unbranched alkanes of at least 4 members (excludes halogenated alkanes) is 1. The van der Waals surface area contributed by atoms with Crippen molar-refractivity contribution < 1.29 is 14.3 Å². The fourth-order valence-electron chi connectivity index (χ4n) is 3.17. The van der Waals surface area contributed by atoms with Gasteiger partial charge in [0.25, 0.3) is 5.56 Å². The molecule has 3 atom stereocenters. The van der Waals surface area contributed by atoms with Crippen LogP contribution in [0.4, 0.5) is 5.95 Å². The Balaban J connectivity index is 1.70. The summed E-state index contributed by atoms with van der Waals surface area (Å²) in [5.74, 6) is 0.0198. The molecular weight excluding hydrogens is 354 g/mol. The lowest BCUT2D eigenvalue weighted by molar-refractivity contribution is -0.0398. The molecule has 0 spiro atoms. The molecule has 2 aromatic rings. The molecule has 0 saturated carbocycles. The van der Waals surface area contributed by atoms with Gasteiger partial charge in [-0.2, -0.15) is 4.98 Å². The number of nitrogens with one attached hydrogen (secondary N) is 1. The summed E-state index contributed by atoms with van der Waals surface area (Å²) in [6, 6.07) is 1.09. The Hall–Kier alpha value is -1.75. The molecule has 0 radical (unpaired) electrons. The number of aliphatic hydroxyl groups excluding tert-OH is 1. The summed E-state index contributed by atoms with van der Waals surface area (Å²) in [6.45, 7) is 6.90. The van der Waals surface area contributed by atoms with Crippen LogP contribution in [-0.4, -0.2) is 51.8 Å². The number of H-pyrrole nitrogens is 1. The van der Waals surface area contributed by atoms with Crippen LogP contribution in [0.25, 0.3) is 11.2 Å². The number of imidazole rings is 1. The normalized spacial score (nSPS) is 23.8. The Morgan fingerprint density at radius 1 is 1.54 bits per heavy atom. The molecule has 0 amide bonds. The van der Waals surface area contributed by atoms with E-state index in [1.807, 2.05) is 0 Å². The van der Waals surface area contributed by atoms with E-state index in [0.29, 0.717) is 18.7 Å². The van der Waals surface area contributed by atoms with Crippen molar-refractivity contribution in [3.8, 4) is 0 Å². The minimum atomic E-state index is -1.75. The average Bonchev–Trinajstić information content (AvgIpc) is 3.14. The van der Waals surface area contributed by atoms with Crippen LogP contribution in [0.3, 0.4) is 0 Å². The molecule has 0 aliphatic carbocycles. The van der Waals surface area contributed by atoms with Crippen molar-refractivity contribution in [2.75, 3.05) is 12.3 Å². The number of hydrogen-bond donors (Lipinski definition) is 3. The van der Waals surface area contributed by atoms with Gasteiger partial charge in [-0.05, 0) is 19.1 Å². The predicted molar refractivity (Wildman–Crippen MR) is 100 cm³/mol. The Morgan fingerprint density at radius 3 is 3.04 bits per heavy atom. The Kier molecular flexibility index (Phi) is 5.46. The molecule has 26 heavy (non-hydrogen) atoms. The molecule has 144 valence electrons. The molecule has 3 rings (SSSR count). The van der Waals surface area contributed by atoms with Gasteiger partial charge in [0.2, 0.25) is 5.95 Å². The van der Waals surface area contributed by atoms with Gasteiger partial charge in [0, 0.05) is 6.42 Å². The number of fused-ring (bicyclic) bond motifs is 1. The van der Waals surface area contributed by atoms with Gasteiger partial charge in [-0.15, -0.1) is 0 Å². The molecule has 10 heteroatoms. The zero-order valence-electron chi connectivity index (χ0n) is 15.4. The van der Waals surface area contributed by atoms with Crippen molar-refractivity contribution in [1.82, 2.24) is 19.5 Å². The topological polar surface area (TPSA) is 128 Å². The van der Waals surface area contributed by atoms with Crippen molar-refractivity contribution in [3.05, 3.63) is 16.7 Å². The number of aromatic amines is 1. The monoisotopic (exact) mass is 381 g/mol. The third-order valence-corrected chi connectivity index (χ3v) is 7.24. The van der Waals surface area contributed by atoms with Crippen molar-refractivity contribution >= 4 is 25.4 Å². The molecular formula is C16H27N5O4Si. The largest absolute Gasteiger partial charge is 0.415 e. The van der Waals surface area contributed by atoms with Gasteiger partial charge in [0.1, 0.15) is 12.3 Å². The smallest absolute Gasteiger partial charge is 0.280 e. The summed E-state index contributed by atoms with van der Waals surface area (Å²) < 4.78 is 13.7. The molecule has 1 aliphatic heterocycles. The minimum absolute atomic E-state index is 0.0198. The maximum atomic E-state index is 11.9. The summed E-state index contributed by atoms with van der Waals surface area (Å²) >= 11 is 0. The lowest BCUT2D eigenvalue weighted by atomic mass is 10.2. The van der Waals surface area contributed by atoms with Crippen LogP contribution in [0.15, 0.2) is 11.1 Å². The highest BCUT2D eigenvalue weighted by Gasteiger charge is 2.37. The van der Waals surface area contributed by atoms with E-state index in [2.05, 4.69) is 35.0 Å². The van der Waals surface area contributed by atoms with E-state index < -0.39 is 32.3 Å². The number of aromatic nitrogens is 4. The average molecular weight is 382 g/mol. The maximum absolute atomic E-state index is 11.9. The second-order valence-electron chi connectivity index (χ2n) is 7.38. The first kappa shape index (κ1) is 19.0. The van der Waals surface area contributed by atoms with Crippen LogP contribution < -0.4 is 11.3 Å². The first-order chi connectivity index (χ1) is 12.3. The zero-order valence-corrected chi connectivity index (χ0v) is 16.4. The van der Waals surface area contributed by atoms with Crippen molar-refractivity contribution in [2.24, 2.45) is 0 Å². The Labute approximate surface area is 152 Å². The molecule has 4 N–H and O–H groups in total. The van der Waals surface area contributed by atoms with Gasteiger partial charge in [0.15, 0.2) is 19.5 Å². The van der Waals surface area contributed by atoms with Crippen LogP contribution in [-0.2, 0) is 9.16 Å². The van der Waals surface area contributed by atoms with E-state index >= 15 is 0 Å². The number of ether oxygens (including phenoxy) is 1. The van der Waals surface area contributed by atoms with E-state index in [9.17, 15) is 9.90 Å². The lowest BCUT2D eigenvalue weighted by Gasteiger charge is -2.25. The number of nitrogens with zero attached hydrogens (tertiary/aromatic N) is 3. The summed E-state index contributed by atoms with van der Waals surface area (Å²) in [5, 5.41) is 10.4. The third-order valence-electron chi connectivity index (χ3n) is 4.74. The van der Waals surface area contributed by atoms with Crippen LogP contribution in [0.5, 0.6) is 0 Å². The summed E-state index contributed by atoms with van der Waals surface area (Å²) in [4.78, 5) is 22.6. The van der Waals surface area contributed by atoms with Crippen molar-refractivity contribution in [2.45, 2.75) is 63.8 Å². The number of nitrogen functional groups attached to an aromatic ring is 1. The second-order valence-corrected chi connectivity index (χ2v) is 11.7. The van der Waals surface area contributed by atoms with E-state index in [-0.39, 0.29) is 11.5 Å². The first-order valence-corrected chi connectivity index (χ1v) is 12.1. The van der Waals surface area contributed by atoms with Crippen LogP contribution in [0, 0.1) is 0 Å². The SMILES string of the molecule is CCCC[Si](C)(C)OC[C@H]1O[C@@H](n2cnc3c(=O)[nH]c(N)nc32)C[C@@H]1O. The number of nitrogens with two attached hydrogens (primary N) is 1. The van der Waals surface area contributed by atoms with Gasteiger partial charge < -0.3 is 20.0 Å². The highest BCUT2D eigenvalue weighted by Crippen LogP contribution is 2.31. The highest BCUT2D eigenvalue weighted by molar-refractivity contribution is 6.71. The zero-order chi connectivity index (χ0) is 18.9. The van der Waals surface area contributed by atoms with Gasteiger partial charge >= 0.3 is 0 Å². The number of rotatable bonds is 7. The van der Waals surface area contributed by atoms with E-state index in [1.165, 1.54) is 6.33 Å². The molecule has 3 heterocycles. The van der Waals surface area contributed by atoms with E-state index in [1.54, 1.807) is 4.57 Å². The van der Waals surface area contributed by atoms with Crippen LogP contribution in [0.2, 0.25) is 19.1 Å². The fourth-order valence-corrected chi connectivity index (χ4v) is 5.14. The molecule has 0 bridgehead atoms. The maximum Gasteiger partial charge on any atom is 0.280 e. The molecule has 2 aromatic heterocycles. The van der Waals surface area contributed by atoms with E-state index in [4.69, 9.17) is 14.9 Å². The van der Waals surface area contributed by atoms with E-state index in [0.717, 1.165) is 18.9 Å². The molecule has 0 unspecified atom stereocenters. The quantitative estimate of drug-likeness (QED) is 0.618. The first-order valence-electron chi connectivity index (χ1n) is 9.00. The summed E-state index contributed by atoms with van der Waals surface area (Å²) in [5.41, 5.74) is 5.78. The van der Waals surface area contributed by atoms with Gasteiger partial charge in [-0.3, -0.25) is 14.3 Å². The summed E-state index contributed by atoms with van der Waals surface area (Å²) in [7, 11) is -1.75. The number of anilines is 1. The number of aliphatic hydroxyl groups is 1. The predicted octanol–water partition coefficient (Wildman–Crippen LogP) is 1.37. The molecule has 9 nitrogen and oxygen atoms in total. The van der Waals surface area contributed by atoms with Gasteiger partial charge in [-0.1, -0.05) is 19.8 Å². The van der Waals surface area contributed by atoms with Gasteiger partial charge in [-0.25, -0.2) is 4.98 Å². The molecule has 0 aromatic carbocycles. The third kappa shape index (κ3) is 3.98. The van der Waals surface area contributed by atoms with Crippen LogP contribution >= 0.6 is 0 Å². The van der Waals surface area contributed by atoms with Crippen molar-refractivity contribution in [1.29, 1.82) is 0 Å². The van der Waals surface area contributed by atoms with Gasteiger partial charge in [0.05, 0.1) is 19.0 Å². The van der Waals surface area contributed by atoms with Crippen LogP contribution in [0.1, 0.15) is 32.4 Å². The highest BCUT2D eigenvalue weighted by atomic mass is 28.4. The summed E-state index contributed by atoms with van der Waals surface area (Å²) in [6.07, 6.45) is 2.65. The Morgan fingerprint density at radius 2 is 2.31 bits per heavy atom. The Bertz CT molecular complexity index is 821. The minimum Gasteiger partial charge on any atom is -0.415 e.